The predicted molar refractivity (Wildman–Crippen MR) is 125 cm³/mol. The Bertz CT molecular complexity index is 1110. The highest BCUT2D eigenvalue weighted by Gasteiger charge is 2.24. The number of nitrogens with one attached hydrogen (secondary N) is 3. The van der Waals surface area contributed by atoms with Crippen LogP contribution in [0.15, 0.2) is 91.0 Å². The molecule has 0 saturated heterocycles. The molecule has 3 aromatic carbocycles. The van der Waals surface area contributed by atoms with Gasteiger partial charge in [0, 0.05) is 17.6 Å². The van der Waals surface area contributed by atoms with Crippen molar-refractivity contribution in [1.29, 1.82) is 0 Å². The first kappa shape index (κ1) is 23.4. The zero-order chi connectivity index (χ0) is 23.6. The van der Waals surface area contributed by atoms with Crippen LogP contribution in [-0.2, 0) is 4.79 Å². The Kier molecular flexibility index (Phi) is 8.10. The molecule has 3 rings (SSSR count). The fraction of sp³-hybridized carbons (Fsp3) is 0.115. The summed E-state index contributed by atoms with van der Waals surface area (Å²) in [5.41, 5.74) is 4.54. The van der Waals surface area contributed by atoms with Crippen LogP contribution in [0.5, 0.6) is 0 Å². The Balaban J connectivity index is 1.80. The molecule has 33 heavy (non-hydrogen) atoms. The van der Waals surface area contributed by atoms with Crippen molar-refractivity contribution in [3.63, 3.8) is 0 Å². The largest absolute Gasteiger partial charge is 0.330 e. The molecule has 7 heteroatoms. The minimum absolute atomic E-state index is 0.0923. The molecule has 0 saturated carbocycles. The smallest absolute Gasteiger partial charge is 0.322 e. The monoisotopic (exact) mass is 443 g/mol. The quantitative estimate of drug-likeness (QED) is 0.249. The zero-order valence-corrected chi connectivity index (χ0v) is 18.1. The fourth-order valence-electron chi connectivity index (χ4n) is 3.41. The number of hydrogen-bond acceptors (Lipinski definition) is 4. The summed E-state index contributed by atoms with van der Waals surface area (Å²) < 4.78 is 0. The van der Waals surface area contributed by atoms with E-state index >= 15 is 0 Å². The van der Waals surface area contributed by atoms with Crippen LogP contribution in [0.2, 0.25) is 0 Å². The van der Waals surface area contributed by atoms with Crippen LogP contribution in [0, 0.1) is 0 Å². The molecule has 0 aliphatic rings. The average Bonchev–Trinajstić information content (AvgIpc) is 2.86. The molecule has 0 aromatic heterocycles. The molecular formula is C26H25N3O4. The number of hydroxylamine groups is 1. The summed E-state index contributed by atoms with van der Waals surface area (Å²) in [6, 6.07) is 24.6. The Morgan fingerprint density at radius 2 is 1.42 bits per heavy atom. The second kappa shape index (κ2) is 11.4. The molecule has 2 unspecified atom stereocenters. The molecule has 0 radical (unpaired) electrons. The van der Waals surface area contributed by atoms with Crippen molar-refractivity contribution in [2.45, 2.75) is 18.9 Å². The lowest BCUT2D eigenvalue weighted by molar-refractivity contribution is -0.124. The molecule has 168 valence electrons. The van der Waals surface area contributed by atoms with Gasteiger partial charge in [-0.2, -0.15) is 0 Å². The van der Waals surface area contributed by atoms with Gasteiger partial charge < -0.3 is 5.32 Å². The maximum absolute atomic E-state index is 12.7. The van der Waals surface area contributed by atoms with E-state index in [2.05, 4.69) is 10.6 Å². The van der Waals surface area contributed by atoms with Gasteiger partial charge in [0.25, 0.3) is 11.8 Å². The fourth-order valence-corrected chi connectivity index (χ4v) is 3.41. The van der Waals surface area contributed by atoms with Crippen molar-refractivity contribution in [3.8, 4) is 0 Å². The summed E-state index contributed by atoms with van der Waals surface area (Å²) in [4.78, 5) is 36.3. The summed E-state index contributed by atoms with van der Waals surface area (Å²) in [5, 5.41) is 13.9. The van der Waals surface area contributed by atoms with Crippen molar-refractivity contribution in [2.75, 3.05) is 0 Å². The SMILES string of the molecule is CC(c1ccccc1)C(NC(=O)NC(=O)c1ccccc1)c1ccc(C=CC(=O)NO)cc1. The van der Waals surface area contributed by atoms with Crippen molar-refractivity contribution in [1.82, 2.24) is 16.1 Å². The zero-order valence-electron chi connectivity index (χ0n) is 18.1. The lowest BCUT2D eigenvalue weighted by Crippen LogP contribution is -2.42. The summed E-state index contributed by atoms with van der Waals surface area (Å²) in [6.45, 7) is 2.00. The molecule has 0 fully saturated rings. The van der Waals surface area contributed by atoms with Crippen LogP contribution >= 0.6 is 0 Å². The molecule has 0 aliphatic carbocycles. The molecule has 4 N–H and O–H groups in total. The first-order valence-electron chi connectivity index (χ1n) is 10.4. The average molecular weight is 444 g/mol. The van der Waals surface area contributed by atoms with Crippen molar-refractivity contribution < 1.29 is 19.6 Å². The van der Waals surface area contributed by atoms with E-state index in [0.717, 1.165) is 16.7 Å². The summed E-state index contributed by atoms with van der Waals surface area (Å²) in [6.07, 6.45) is 2.77. The van der Waals surface area contributed by atoms with Crippen LogP contribution in [0.3, 0.4) is 0 Å². The molecule has 3 aromatic rings. The van der Waals surface area contributed by atoms with Crippen molar-refractivity contribution >= 4 is 23.9 Å². The van der Waals surface area contributed by atoms with Crippen LogP contribution in [0.1, 0.15) is 45.9 Å². The molecule has 4 amide bonds. The van der Waals surface area contributed by atoms with Gasteiger partial charge in [0.05, 0.1) is 6.04 Å². The van der Waals surface area contributed by atoms with E-state index in [1.807, 2.05) is 49.4 Å². The van der Waals surface area contributed by atoms with Gasteiger partial charge >= 0.3 is 6.03 Å². The number of hydrogen-bond donors (Lipinski definition) is 4. The summed E-state index contributed by atoms with van der Waals surface area (Å²) in [7, 11) is 0. The molecule has 7 nitrogen and oxygen atoms in total. The van der Waals surface area contributed by atoms with Gasteiger partial charge in [0.2, 0.25) is 0 Å². The van der Waals surface area contributed by atoms with Crippen molar-refractivity contribution in [3.05, 3.63) is 113 Å². The van der Waals surface area contributed by atoms with Gasteiger partial charge in [-0.3, -0.25) is 20.1 Å². The van der Waals surface area contributed by atoms with Gasteiger partial charge in [0.15, 0.2) is 0 Å². The van der Waals surface area contributed by atoms with E-state index in [0.29, 0.717) is 5.56 Å². The highest BCUT2D eigenvalue weighted by Crippen LogP contribution is 2.31. The van der Waals surface area contributed by atoms with Crippen molar-refractivity contribution in [2.24, 2.45) is 0 Å². The Hall–Kier alpha value is -4.23. The highest BCUT2D eigenvalue weighted by atomic mass is 16.5. The van der Waals surface area contributed by atoms with Gasteiger partial charge in [0.1, 0.15) is 0 Å². The maximum atomic E-state index is 12.7. The number of rotatable bonds is 7. The Labute approximate surface area is 192 Å². The third-order valence-corrected chi connectivity index (χ3v) is 5.21. The van der Waals surface area contributed by atoms with E-state index < -0.39 is 23.9 Å². The molecule has 2 atom stereocenters. The first-order valence-corrected chi connectivity index (χ1v) is 10.4. The van der Waals surface area contributed by atoms with Gasteiger partial charge in [-0.05, 0) is 34.9 Å². The standard InChI is InChI=1S/C26H25N3O4/c1-18(20-8-4-2-5-9-20)24(21-15-12-19(13-16-21)14-17-23(30)29-33)27-26(32)28-25(31)22-10-6-3-7-11-22/h2-18,24,33H,1H3,(H,29,30)(H2,27,28,31,32). The van der Waals surface area contributed by atoms with Crippen LogP contribution in [-0.4, -0.2) is 23.1 Å². The van der Waals surface area contributed by atoms with Crippen LogP contribution in [0.4, 0.5) is 4.79 Å². The molecular weight excluding hydrogens is 418 g/mol. The van der Waals surface area contributed by atoms with E-state index in [1.165, 1.54) is 11.6 Å². The number of carbonyl (C=O) groups excluding carboxylic acids is 3. The van der Waals surface area contributed by atoms with E-state index in [9.17, 15) is 14.4 Å². The number of imide groups is 1. The molecule has 0 spiro atoms. The molecule has 0 aliphatic heterocycles. The summed E-state index contributed by atoms with van der Waals surface area (Å²) in [5.74, 6) is -1.21. The minimum atomic E-state index is -0.629. The Morgan fingerprint density at radius 1 is 0.818 bits per heavy atom. The number of benzene rings is 3. The molecule has 0 heterocycles. The second-order valence-electron chi connectivity index (χ2n) is 7.45. The minimum Gasteiger partial charge on any atom is -0.330 e. The summed E-state index contributed by atoms with van der Waals surface area (Å²) >= 11 is 0. The predicted octanol–water partition coefficient (Wildman–Crippen LogP) is 4.19. The third-order valence-electron chi connectivity index (χ3n) is 5.21. The normalized spacial score (nSPS) is 12.5. The van der Waals surface area contributed by atoms with E-state index in [-0.39, 0.29) is 5.92 Å². The van der Waals surface area contributed by atoms with Crippen LogP contribution in [0.25, 0.3) is 6.08 Å². The maximum Gasteiger partial charge on any atom is 0.322 e. The van der Waals surface area contributed by atoms with E-state index in [4.69, 9.17) is 5.21 Å². The van der Waals surface area contributed by atoms with Gasteiger partial charge in [-0.1, -0.05) is 79.7 Å². The third kappa shape index (κ3) is 6.62. The topological polar surface area (TPSA) is 108 Å². The second-order valence-corrected chi connectivity index (χ2v) is 7.45. The lowest BCUT2D eigenvalue weighted by atomic mass is 9.88. The number of urea groups is 1. The number of carbonyl (C=O) groups is 3. The number of amides is 4. The van der Waals surface area contributed by atoms with E-state index in [1.54, 1.807) is 48.5 Å². The van der Waals surface area contributed by atoms with Gasteiger partial charge in [-0.25, -0.2) is 10.3 Å². The lowest BCUT2D eigenvalue weighted by Gasteiger charge is -2.26. The molecule has 0 bridgehead atoms. The first-order chi connectivity index (χ1) is 16.0. The van der Waals surface area contributed by atoms with Gasteiger partial charge in [-0.15, -0.1) is 0 Å². The van der Waals surface area contributed by atoms with Crippen LogP contribution < -0.4 is 16.1 Å². The Morgan fingerprint density at radius 3 is 2.03 bits per heavy atom. The highest BCUT2D eigenvalue weighted by molar-refractivity contribution is 6.04.